The number of carbonyl (C=O) groups excluding carboxylic acids is 2. The number of hydrogen-bond donors (Lipinski definition) is 2. The highest BCUT2D eigenvalue weighted by molar-refractivity contribution is 5.97. The van der Waals surface area contributed by atoms with Gasteiger partial charge in [-0.25, -0.2) is 13.9 Å². The van der Waals surface area contributed by atoms with Crippen molar-refractivity contribution in [2.24, 2.45) is 5.73 Å². The lowest BCUT2D eigenvalue weighted by Gasteiger charge is -2.17. The number of carbonyl (C=O) groups is 2. The normalized spacial score (nSPS) is 11.8. The molecule has 0 spiro atoms. The Balaban J connectivity index is 1.53. The van der Waals surface area contributed by atoms with E-state index in [9.17, 15) is 14.0 Å². The van der Waals surface area contributed by atoms with Crippen LogP contribution in [-0.2, 0) is 20.9 Å². The Hall–Kier alpha value is -4.24. The Morgan fingerprint density at radius 2 is 1.91 bits per heavy atom. The fourth-order valence-electron chi connectivity index (χ4n) is 3.48. The molecule has 0 radical (unpaired) electrons. The first kappa shape index (κ1) is 22.9. The molecule has 0 bridgehead atoms. The van der Waals surface area contributed by atoms with Crippen molar-refractivity contribution >= 4 is 28.6 Å². The molecule has 174 valence electrons. The van der Waals surface area contributed by atoms with Crippen molar-refractivity contribution in [3.05, 3.63) is 89.9 Å². The number of hydrogen-bond acceptors (Lipinski definition) is 5. The summed E-state index contributed by atoms with van der Waals surface area (Å²) in [7, 11) is 0. The highest BCUT2D eigenvalue weighted by Crippen LogP contribution is 2.25. The van der Waals surface area contributed by atoms with Crippen molar-refractivity contribution in [3.8, 4) is 5.69 Å². The van der Waals surface area contributed by atoms with Gasteiger partial charge in [0.2, 0.25) is 6.10 Å². The van der Waals surface area contributed by atoms with E-state index in [1.807, 2.05) is 61.5 Å². The van der Waals surface area contributed by atoms with Gasteiger partial charge in [-0.1, -0.05) is 42.5 Å². The molecule has 0 fully saturated rings. The zero-order valence-electron chi connectivity index (χ0n) is 18.4. The molecule has 1 unspecified atom stereocenters. The third-order valence-corrected chi connectivity index (χ3v) is 5.09. The molecule has 1 aromatic heterocycles. The average molecular weight is 462 g/mol. The first-order chi connectivity index (χ1) is 16.4. The quantitative estimate of drug-likeness (QED) is 0.410. The number of nitrogens with two attached hydrogens (primary N) is 1. The summed E-state index contributed by atoms with van der Waals surface area (Å²) in [5.41, 5.74) is 8.33. The minimum Gasteiger partial charge on any atom is -0.434 e. The lowest BCUT2D eigenvalue weighted by molar-refractivity contribution is -0.127. The molecule has 4 rings (SSSR count). The van der Waals surface area contributed by atoms with Crippen molar-refractivity contribution in [1.82, 2.24) is 9.78 Å². The van der Waals surface area contributed by atoms with Crippen LogP contribution in [0.5, 0.6) is 0 Å². The van der Waals surface area contributed by atoms with Gasteiger partial charge in [-0.3, -0.25) is 4.79 Å². The summed E-state index contributed by atoms with van der Waals surface area (Å²) in [5, 5.41) is 7.37. The number of aromatic nitrogens is 2. The van der Waals surface area contributed by atoms with Crippen LogP contribution < -0.4 is 11.1 Å². The van der Waals surface area contributed by atoms with E-state index in [0.29, 0.717) is 10.9 Å². The minimum absolute atomic E-state index is 0.0898. The van der Waals surface area contributed by atoms with E-state index in [4.69, 9.17) is 15.2 Å². The van der Waals surface area contributed by atoms with E-state index < -0.39 is 23.9 Å². The first-order valence-corrected chi connectivity index (χ1v) is 10.5. The third kappa shape index (κ3) is 5.38. The topological polar surface area (TPSA) is 108 Å². The Morgan fingerprint density at radius 1 is 1.12 bits per heavy atom. The predicted octanol–water partition coefficient (Wildman–Crippen LogP) is 4.09. The Labute approximate surface area is 195 Å². The minimum atomic E-state index is -1.36. The van der Waals surface area contributed by atoms with Crippen molar-refractivity contribution in [1.29, 1.82) is 0 Å². The standard InChI is InChI=1S/C25H23FN4O4/c1-16-6-5-9-19(10-16)30-22-12-21(20(26)11-18(22)13-28-30)29-24(31)23(34-25(27)32)15-33-14-17-7-3-2-4-8-17/h2-13,23H,14-15H2,1H3,(H2,27,32)(H,29,31). The number of aryl methyl sites for hydroxylation is 1. The van der Waals surface area contributed by atoms with Gasteiger partial charge in [-0.05, 0) is 42.3 Å². The maximum Gasteiger partial charge on any atom is 0.405 e. The summed E-state index contributed by atoms with van der Waals surface area (Å²) < 4.78 is 26.8. The van der Waals surface area contributed by atoms with Crippen molar-refractivity contribution in [3.63, 3.8) is 0 Å². The molecule has 9 heteroatoms. The fourth-order valence-corrected chi connectivity index (χ4v) is 3.48. The molecule has 8 nitrogen and oxygen atoms in total. The second-order valence-corrected chi connectivity index (χ2v) is 7.70. The summed E-state index contributed by atoms with van der Waals surface area (Å²) in [6.07, 6.45) is -0.960. The number of halogens is 1. The van der Waals surface area contributed by atoms with Crippen molar-refractivity contribution in [2.75, 3.05) is 11.9 Å². The van der Waals surface area contributed by atoms with E-state index in [1.165, 1.54) is 12.1 Å². The smallest absolute Gasteiger partial charge is 0.405 e. The summed E-state index contributed by atoms with van der Waals surface area (Å²) in [6, 6.07) is 19.7. The summed E-state index contributed by atoms with van der Waals surface area (Å²) in [5.74, 6) is -1.43. The van der Waals surface area contributed by atoms with Crippen LogP contribution in [0, 0.1) is 12.7 Å². The maximum atomic E-state index is 14.7. The average Bonchev–Trinajstić information content (AvgIpc) is 3.21. The van der Waals surface area contributed by atoms with Crippen LogP contribution in [0.3, 0.4) is 0 Å². The Kier molecular flexibility index (Phi) is 6.84. The molecule has 1 heterocycles. The van der Waals surface area contributed by atoms with Gasteiger partial charge in [0.25, 0.3) is 5.91 Å². The van der Waals surface area contributed by atoms with Crippen LogP contribution >= 0.6 is 0 Å². The molecule has 4 aromatic rings. The Morgan fingerprint density at radius 3 is 2.65 bits per heavy atom. The molecule has 3 aromatic carbocycles. The van der Waals surface area contributed by atoms with Crippen LogP contribution in [0.15, 0.2) is 72.9 Å². The van der Waals surface area contributed by atoms with E-state index in [0.717, 1.165) is 16.8 Å². The van der Waals surface area contributed by atoms with Gasteiger partial charge in [-0.2, -0.15) is 5.10 Å². The largest absolute Gasteiger partial charge is 0.434 e. The monoisotopic (exact) mass is 462 g/mol. The summed E-state index contributed by atoms with van der Waals surface area (Å²) in [4.78, 5) is 24.1. The number of fused-ring (bicyclic) bond motifs is 1. The third-order valence-electron chi connectivity index (χ3n) is 5.09. The van der Waals surface area contributed by atoms with Gasteiger partial charge < -0.3 is 20.5 Å². The van der Waals surface area contributed by atoms with Crippen LogP contribution in [0.1, 0.15) is 11.1 Å². The fraction of sp³-hybridized carbons (Fsp3) is 0.160. The van der Waals surface area contributed by atoms with Crippen LogP contribution in [0.2, 0.25) is 0 Å². The number of primary amides is 1. The first-order valence-electron chi connectivity index (χ1n) is 10.5. The number of anilines is 1. The van der Waals surface area contributed by atoms with Gasteiger partial charge in [0.1, 0.15) is 5.82 Å². The molecule has 0 saturated heterocycles. The molecule has 0 aliphatic carbocycles. The molecule has 2 amide bonds. The lowest BCUT2D eigenvalue weighted by Crippen LogP contribution is -2.38. The second kappa shape index (κ2) is 10.1. The number of benzene rings is 3. The van der Waals surface area contributed by atoms with E-state index in [2.05, 4.69) is 10.4 Å². The molecule has 0 aliphatic rings. The molecule has 0 saturated carbocycles. The maximum absolute atomic E-state index is 14.7. The number of nitrogens with zero attached hydrogens (tertiary/aromatic N) is 2. The zero-order valence-corrected chi connectivity index (χ0v) is 18.4. The van der Waals surface area contributed by atoms with Gasteiger partial charge in [0.05, 0.1) is 36.3 Å². The molecular weight excluding hydrogens is 439 g/mol. The van der Waals surface area contributed by atoms with Crippen LogP contribution in [0.4, 0.5) is 14.9 Å². The SMILES string of the molecule is Cc1cccc(-n2ncc3cc(F)c(NC(=O)C(COCc4ccccc4)OC(N)=O)cc32)c1. The van der Waals surface area contributed by atoms with Gasteiger partial charge in [0.15, 0.2) is 0 Å². The van der Waals surface area contributed by atoms with Gasteiger partial charge in [0, 0.05) is 5.39 Å². The van der Waals surface area contributed by atoms with Crippen molar-refractivity contribution in [2.45, 2.75) is 19.6 Å². The summed E-state index contributed by atoms with van der Waals surface area (Å²) in [6.45, 7) is 1.90. The van der Waals surface area contributed by atoms with E-state index >= 15 is 0 Å². The van der Waals surface area contributed by atoms with Crippen LogP contribution in [-0.4, -0.2) is 34.5 Å². The van der Waals surface area contributed by atoms with Gasteiger partial charge >= 0.3 is 6.09 Å². The number of ether oxygens (including phenoxy) is 2. The highest BCUT2D eigenvalue weighted by Gasteiger charge is 2.24. The van der Waals surface area contributed by atoms with E-state index in [1.54, 1.807) is 10.9 Å². The highest BCUT2D eigenvalue weighted by atomic mass is 19.1. The number of rotatable bonds is 8. The summed E-state index contributed by atoms with van der Waals surface area (Å²) >= 11 is 0. The van der Waals surface area contributed by atoms with Crippen molar-refractivity contribution < 1.29 is 23.5 Å². The molecule has 1 atom stereocenters. The number of amides is 2. The molecular formula is C25H23FN4O4. The molecule has 0 aliphatic heterocycles. The predicted molar refractivity (Wildman–Crippen MR) is 125 cm³/mol. The molecule has 34 heavy (non-hydrogen) atoms. The zero-order chi connectivity index (χ0) is 24.1. The number of nitrogens with one attached hydrogen (secondary N) is 1. The lowest BCUT2D eigenvalue weighted by atomic mass is 10.2. The van der Waals surface area contributed by atoms with Crippen LogP contribution in [0.25, 0.3) is 16.6 Å². The van der Waals surface area contributed by atoms with E-state index in [-0.39, 0.29) is 18.9 Å². The Bertz CT molecular complexity index is 1320. The van der Waals surface area contributed by atoms with Gasteiger partial charge in [-0.15, -0.1) is 0 Å². The molecule has 3 N–H and O–H groups in total. The second-order valence-electron chi connectivity index (χ2n) is 7.70.